The lowest BCUT2D eigenvalue weighted by Gasteiger charge is -2.13. The minimum atomic E-state index is -4.10. The summed E-state index contributed by atoms with van der Waals surface area (Å²) in [5.41, 5.74) is -0.0137. The van der Waals surface area contributed by atoms with E-state index < -0.39 is 21.5 Å². The molecular weight excluding hydrogens is 473 g/mol. The number of para-hydroxylation sites is 1. The monoisotopic (exact) mass is 487 g/mol. The summed E-state index contributed by atoms with van der Waals surface area (Å²) in [6.07, 6.45) is 0. The van der Waals surface area contributed by atoms with Gasteiger partial charge in [0.2, 0.25) is 0 Å². The van der Waals surface area contributed by atoms with Crippen molar-refractivity contribution in [2.24, 2.45) is 0 Å². The minimum Gasteiger partial charge on any atom is -0.321 e. The van der Waals surface area contributed by atoms with Crippen molar-refractivity contribution in [3.05, 3.63) is 98.9 Å². The van der Waals surface area contributed by atoms with E-state index >= 15 is 0 Å². The van der Waals surface area contributed by atoms with Gasteiger partial charge in [0.1, 0.15) is 10.6 Å². The van der Waals surface area contributed by atoms with Gasteiger partial charge in [-0.3, -0.25) is 14.3 Å². The molecule has 32 heavy (non-hydrogen) atoms. The van der Waals surface area contributed by atoms with Crippen molar-refractivity contribution in [2.45, 2.75) is 4.90 Å². The molecule has 162 valence electrons. The highest BCUT2D eigenvalue weighted by atomic mass is 35.5. The lowest BCUT2D eigenvalue weighted by atomic mass is 10.1. The Labute approximate surface area is 193 Å². The average Bonchev–Trinajstić information content (AvgIpc) is 2.76. The summed E-state index contributed by atoms with van der Waals surface area (Å²) < 4.78 is 28.1. The Bertz CT molecular complexity index is 1520. The second-order valence-electron chi connectivity index (χ2n) is 6.78. The number of carbonyl (C=O) groups is 1. The summed E-state index contributed by atoms with van der Waals surface area (Å²) in [5.74, 6) is -0.613. The van der Waals surface area contributed by atoms with Crippen LogP contribution in [-0.2, 0) is 10.0 Å². The number of aromatic amines is 1. The molecule has 3 aromatic carbocycles. The maximum absolute atomic E-state index is 12.9. The summed E-state index contributed by atoms with van der Waals surface area (Å²) in [4.78, 5) is 27.2. The molecule has 0 aliphatic heterocycles. The van der Waals surface area contributed by atoms with Gasteiger partial charge < -0.3 is 10.3 Å². The van der Waals surface area contributed by atoms with Crippen LogP contribution in [-0.4, -0.2) is 19.3 Å². The standard InChI is InChI=1S/C22H15Cl2N3O4S/c23-16-7-3-4-8-18(16)27-32(30,31)20-12-14(9-10-17(20)24)25-22(29)19-11-13-5-1-2-6-15(13)21(28)26-19/h1-12,27H,(H,25,29)(H,26,28). The van der Waals surface area contributed by atoms with Gasteiger partial charge in [-0.05, 0) is 47.9 Å². The first-order valence-corrected chi connectivity index (χ1v) is 11.5. The van der Waals surface area contributed by atoms with Gasteiger partial charge in [-0.2, -0.15) is 0 Å². The first-order chi connectivity index (χ1) is 15.2. The van der Waals surface area contributed by atoms with Crippen molar-refractivity contribution in [1.82, 2.24) is 4.98 Å². The van der Waals surface area contributed by atoms with E-state index in [1.165, 1.54) is 24.3 Å². The predicted molar refractivity (Wildman–Crippen MR) is 126 cm³/mol. The Kier molecular flexibility index (Phi) is 5.92. The van der Waals surface area contributed by atoms with Gasteiger partial charge >= 0.3 is 0 Å². The summed E-state index contributed by atoms with van der Waals surface area (Å²) in [6.45, 7) is 0. The van der Waals surface area contributed by atoms with Crippen molar-refractivity contribution in [3.8, 4) is 0 Å². The molecule has 0 unspecified atom stereocenters. The summed E-state index contributed by atoms with van der Waals surface area (Å²) in [6, 6.07) is 18.8. The fraction of sp³-hybridized carbons (Fsp3) is 0. The number of pyridine rings is 1. The fourth-order valence-electron chi connectivity index (χ4n) is 3.06. The fourth-order valence-corrected chi connectivity index (χ4v) is 4.91. The molecule has 7 nitrogen and oxygen atoms in total. The van der Waals surface area contributed by atoms with Crippen molar-refractivity contribution in [3.63, 3.8) is 0 Å². The van der Waals surface area contributed by atoms with Gasteiger partial charge in [0.15, 0.2) is 0 Å². The molecule has 0 aliphatic rings. The van der Waals surface area contributed by atoms with Crippen LogP contribution < -0.4 is 15.6 Å². The molecule has 0 bridgehead atoms. The molecule has 0 spiro atoms. The maximum atomic E-state index is 12.9. The van der Waals surface area contributed by atoms with E-state index in [2.05, 4.69) is 15.0 Å². The zero-order chi connectivity index (χ0) is 22.9. The number of carbonyl (C=O) groups excluding carboxylic acids is 1. The lowest BCUT2D eigenvalue weighted by molar-refractivity contribution is 0.102. The van der Waals surface area contributed by atoms with Crippen LogP contribution in [0.5, 0.6) is 0 Å². The number of anilines is 2. The van der Waals surface area contributed by atoms with Gasteiger partial charge in [-0.15, -0.1) is 0 Å². The van der Waals surface area contributed by atoms with E-state index in [9.17, 15) is 18.0 Å². The van der Waals surface area contributed by atoms with Crippen LogP contribution in [0.15, 0.2) is 82.5 Å². The van der Waals surface area contributed by atoms with Crippen LogP contribution in [0.1, 0.15) is 10.5 Å². The molecule has 0 aliphatic carbocycles. The molecule has 3 N–H and O–H groups in total. The quantitative estimate of drug-likeness (QED) is 0.372. The Morgan fingerprint density at radius 2 is 1.59 bits per heavy atom. The number of hydrogen-bond acceptors (Lipinski definition) is 4. The number of halogens is 2. The number of rotatable bonds is 5. The number of benzene rings is 3. The van der Waals surface area contributed by atoms with E-state index in [0.717, 1.165) is 0 Å². The third-order valence-corrected chi connectivity index (χ3v) is 6.77. The average molecular weight is 488 g/mol. The summed E-state index contributed by atoms with van der Waals surface area (Å²) in [5, 5.41) is 3.81. The molecule has 10 heteroatoms. The molecule has 4 aromatic rings. The Morgan fingerprint density at radius 3 is 2.38 bits per heavy atom. The Hall–Kier alpha value is -3.33. The smallest absolute Gasteiger partial charge is 0.272 e. The zero-order valence-electron chi connectivity index (χ0n) is 16.2. The van der Waals surface area contributed by atoms with Gasteiger partial charge in [-0.25, -0.2) is 8.42 Å². The van der Waals surface area contributed by atoms with Crippen LogP contribution in [0.25, 0.3) is 10.8 Å². The van der Waals surface area contributed by atoms with Crippen LogP contribution in [0, 0.1) is 0 Å². The molecule has 0 saturated carbocycles. The first-order valence-electron chi connectivity index (χ1n) is 9.25. The maximum Gasteiger partial charge on any atom is 0.272 e. The van der Waals surface area contributed by atoms with Crippen LogP contribution in [0.4, 0.5) is 11.4 Å². The summed E-state index contributed by atoms with van der Waals surface area (Å²) in [7, 11) is -4.10. The number of aromatic nitrogens is 1. The highest BCUT2D eigenvalue weighted by molar-refractivity contribution is 7.92. The molecule has 0 atom stereocenters. The molecule has 0 saturated heterocycles. The van der Waals surface area contributed by atoms with Crippen LogP contribution >= 0.6 is 23.2 Å². The van der Waals surface area contributed by atoms with E-state index in [1.54, 1.807) is 48.5 Å². The van der Waals surface area contributed by atoms with Gasteiger partial charge in [-0.1, -0.05) is 53.5 Å². The number of fused-ring (bicyclic) bond motifs is 1. The Morgan fingerprint density at radius 1 is 0.875 bits per heavy atom. The number of nitrogens with one attached hydrogen (secondary N) is 3. The molecular formula is C22H15Cl2N3O4S. The van der Waals surface area contributed by atoms with E-state index in [4.69, 9.17) is 23.2 Å². The molecule has 4 rings (SSSR count). The van der Waals surface area contributed by atoms with Crippen molar-refractivity contribution in [1.29, 1.82) is 0 Å². The predicted octanol–water partition coefficient (Wildman–Crippen LogP) is 4.89. The normalized spacial score (nSPS) is 11.3. The Balaban J connectivity index is 1.64. The van der Waals surface area contributed by atoms with Gasteiger partial charge in [0, 0.05) is 11.1 Å². The number of sulfonamides is 1. The number of amides is 1. The van der Waals surface area contributed by atoms with Gasteiger partial charge in [0.25, 0.3) is 21.5 Å². The zero-order valence-corrected chi connectivity index (χ0v) is 18.6. The third kappa shape index (κ3) is 4.47. The van der Waals surface area contributed by atoms with Crippen LogP contribution in [0.2, 0.25) is 10.0 Å². The molecule has 0 fully saturated rings. The first kappa shape index (κ1) is 21.9. The van der Waals surface area contributed by atoms with Crippen molar-refractivity contribution in [2.75, 3.05) is 10.0 Å². The van der Waals surface area contributed by atoms with Crippen LogP contribution in [0.3, 0.4) is 0 Å². The highest BCUT2D eigenvalue weighted by Crippen LogP contribution is 2.29. The topological polar surface area (TPSA) is 108 Å². The molecule has 0 radical (unpaired) electrons. The minimum absolute atomic E-state index is 0.0299. The molecule has 1 heterocycles. The molecule has 1 amide bonds. The van der Waals surface area contributed by atoms with E-state index in [-0.39, 0.29) is 32.0 Å². The SMILES string of the molecule is O=C(Nc1ccc(Cl)c(S(=O)(=O)Nc2ccccc2Cl)c1)c1cc2ccccc2c(=O)[nH]1. The largest absolute Gasteiger partial charge is 0.321 e. The van der Waals surface area contributed by atoms with Gasteiger partial charge in [0.05, 0.1) is 15.7 Å². The second-order valence-corrected chi connectivity index (χ2v) is 9.25. The van der Waals surface area contributed by atoms with Crippen molar-refractivity contribution >= 4 is 61.3 Å². The lowest BCUT2D eigenvalue weighted by Crippen LogP contribution is -2.19. The van der Waals surface area contributed by atoms with E-state index in [1.807, 2.05) is 0 Å². The third-order valence-electron chi connectivity index (χ3n) is 4.59. The van der Waals surface area contributed by atoms with E-state index in [0.29, 0.717) is 10.8 Å². The number of hydrogen-bond donors (Lipinski definition) is 3. The number of H-pyrrole nitrogens is 1. The summed E-state index contributed by atoms with van der Waals surface area (Å²) >= 11 is 12.1. The highest BCUT2D eigenvalue weighted by Gasteiger charge is 2.21. The molecule has 1 aromatic heterocycles. The second kappa shape index (κ2) is 8.66. The van der Waals surface area contributed by atoms with Crippen molar-refractivity contribution < 1.29 is 13.2 Å².